The summed E-state index contributed by atoms with van der Waals surface area (Å²) in [5.41, 5.74) is 3.10. The third-order valence-electron chi connectivity index (χ3n) is 4.16. The Labute approximate surface area is 127 Å². The van der Waals surface area contributed by atoms with Crippen molar-refractivity contribution >= 4 is 11.8 Å². The first-order valence-electron chi connectivity index (χ1n) is 7.44. The van der Waals surface area contributed by atoms with E-state index in [0.29, 0.717) is 19.3 Å². The van der Waals surface area contributed by atoms with E-state index in [0.717, 1.165) is 17.5 Å². The van der Waals surface area contributed by atoms with E-state index in [4.69, 9.17) is 4.74 Å². The molecule has 0 saturated carbocycles. The van der Waals surface area contributed by atoms with Gasteiger partial charge in [0.2, 0.25) is 0 Å². The molecule has 1 unspecified atom stereocenters. The van der Waals surface area contributed by atoms with Crippen molar-refractivity contribution in [3.63, 3.8) is 0 Å². The highest BCUT2D eigenvalue weighted by molar-refractivity contribution is 5.82. The van der Waals surface area contributed by atoms with Crippen molar-refractivity contribution in [2.24, 2.45) is 5.41 Å². The van der Waals surface area contributed by atoms with Crippen LogP contribution in [0.5, 0.6) is 0 Å². The second kappa shape index (κ2) is 7.39. The number of aryl methyl sites for hydroxylation is 2. The van der Waals surface area contributed by atoms with Gasteiger partial charge >= 0.3 is 5.97 Å². The zero-order valence-corrected chi connectivity index (χ0v) is 13.8. The van der Waals surface area contributed by atoms with Gasteiger partial charge < -0.3 is 4.74 Å². The molecule has 0 bridgehead atoms. The molecule has 3 nitrogen and oxygen atoms in total. The highest BCUT2D eigenvalue weighted by Gasteiger charge is 2.29. The van der Waals surface area contributed by atoms with E-state index >= 15 is 0 Å². The third kappa shape index (κ3) is 5.33. The van der Waals surface area contributed by atoms with Crippen molar-refractivity contribution < 1.29 is 14.3 Å². The molecule has 0 heterocycles. The second-order valence-electron chi connectivity index (χ2n) is 6.24. The lowest BCUT2D eigenvalue weighted by atomic mass is 9.78. The van der Waals surface area contributed by atoms with Crippen molar-refractivity contribution in [1.29, 1.82) is 0 Å². The Kier molecular flexibility index (Phi) is 6.13. The van der Waals surface area contributed by atoms with Crippen LogP contribution in [-0.4, -0.2) is 18.9 Å². The molecule has 0 aliphatic carbocycles. The first-order chi connectivity index (χ1) is 9.79. The van der Waals surface area contributed by atoms with Gasteiger partial charge in [-0.2, -0.15) is 0 Å². The lowest BCUT2D eigenvalue weighted by Gasteiger charge is -2.26. The summed E-state index contributed by atoms with van der Waals surface area (Å²) in [6.45, 7) is 8.06. The minimum atomic E-state index is -0.317. The van der Waals surface area contributed by atoms with E-state index in [1.807, 2.05) is 39.8 Å². The number of ketones is 1. The van der Waals surface area contributed by atoms with Crippen molar-refractivity contribution in [2.75, 3.05) is 7.11 Å². The molecule has 1 aromatic rings. The summed E-state index contributed by atoms with van der Waals surface area (Å²) in [5, 5.41) is 0. The smallest absolute Gasteiger partial charge is 0.306 e. The molecule has 0 N–H and O–H groups in total. The van der Waals surface area contributed by atoms with Crippen molar-refractivity contribution in [2.45, 2.75) is 53.4 Å². The molecule has 21 heavy (non-hydrogen) atoms. The normalized spacial score (nSPS) is 13.6. The quantitative estimate of drug-likeness (QED) is 0.718. The van der Waals surface area contributed by atoms with Gasteiger partial charge in [0.05, 0.1) is 13.5 Å². The number of esters is 1. The largest absolute Gasteiger partial charge is 0.469 e. The van der Waals surface area contributed by atoms with Crippen LogP contribution in [-0.2, 0) is 20.7 Å². The van der Waals surface area contributed by atoms with Gasteiger partial charge in [0.15, 0.2) is 0 Å². The predicted octanol–water partition coefficient (Wildman–Crippen LogP) is 3.78. The summed E-state index contributed by atoms with van der Waals surface area (Å²) in [5.74, 6) is -0.0751. The second-order valence-corrected chi connectivity index (χ2v) is 6.24. The molecule has 0 fully saturated rings. The Morgan fingerprint density at radius 3 is 2.38 bits per heavy atom. The highest BCUT2D eigenvalue weighted by Crippen LogP contribution is 2.31. The molecule has 116 valence electrons. The summed E-state index contributed by atoms with van der Waals surface area (Å²) in [6, 6.07) is 6.14. The number of hydrogen-bond donors (Lipinski definition) is 0. The number of benzene rings is 1. The molecule has 0 aliphatic heterocycles. The maximum absolute atomic E-state index is 12.3. The number of carbonyl (C=O) groups is 2. The van der Waals surface area contributed by atoms with Gasteiger partial charge in [0, 0.05) is 12.8 Å². The van der Waals surface area contributed by atoms with Crippen LogP contribution in [0.1, 0.15) is 49.8 Å². The molecule has 0 spiro atoms. The van der Waals surface area contributed by atoms with Gasteiger partial charge in [0.25, 0.3) is 0 Å². The Morgan fingerprint density at radius 2 is 1.86 bits per heavy atom. The molecule has 0 saturated heterocycles. The van der Waals surface area contributed by atoms with E-state index in [2.05, 4.69) is 6.07 Å². The van der Waals surface area contributed by atoms with Gasteiger partial charge in [-0.15, -0.1) is 0 Å². The van der Waals surface area contributed by atoms with Crippen molar-refractivity contribution in [3.8, 4) is 0 Å². The summed E-state index contributed by atoms with van der Waals surface area (Å²) < 4.78 is 4.73. The SMILES string of the molecule is CCC(C)(CC(=O)Cc1ccc(C)cc1C)CC(=O)OC. The average molecular weight is 290 g/mol. The summed E-state index contributed by atoms with van der Waals surface area (Å²) in [4.78, 5) is 23.8. The number of rotatable bonds is 7. The average Bonchev–Trinajstić information content (AvgIpc) is 2.41. The van der Waals surface area contributed by atoms with Crippen LogP contribution in [0.2, 0.25) is 0 Å². The van der Waals surface area contributed by atoms with Crippen LogP contribution in [0.25, 0.3) is 0 Å². The Hall–Kier alpha value is -1.64. The summed E-state index contributed by atoms with van der Waals surface area (Å²) in [6.07, 6.45) is 1.91. The van der Waals surface area contributed by atoms with E-state index in [1.54, 1.807) is 0 Å². The van der Waals surface area contributed by atoms with Gasteiger partial charge in [-0.25, -0.2) is 0 Å². The van der Waals surface area contributed by atoms with Crippen LogP contribution in [0.3, 0.4) is 0 Å². The number of ether oxygens (including phenoxy) is 1. The topological polar surface area (TPSA) is 43.4 Å². The molecule has 1 rings (SSSR count). The van der Waals surface area contributed by atoms with Gasteiger partial charge in [-0.1, -0.05) is 37.6 Å². The molecule has 1 atom stereocenters. The van der Waals surface area contributed by atoms with E-state index in [9.17, 15) is 9.59 Å². The minimum Gasteiger partial charge on any atom is -0.469 e. The van der Waals surface area contributed by atoms with Crippen LogP contribution in [0, 0.1) is 19.3 Å². The van der Waals surface area contributed by atoms with Crippen LogP contribution >= 0.6 is 0 Å². The van der Waals surface area contributed by atoms with E-state index < -0.39 is 0 Å². The molecule has 1 aromatic carbocycles. The molecular weight excluding hydrogens is 264 g/mol. The number of hydrogen-bond acceptors (Lipinski definition) is 3. The zero-order valence-electron chi connectivity index (χ0n) is 13.8. The van der Waals surface area contributed by atoms with Gasteiger partial charge in [0.1, 0.15) is 5.78 Å². The molecule has 3 heteroatoms. The Morgan fingerprint density at radius 1 is 1.19 bits per heavy atom. The fraction of sp³-hybridized carbons (Fsp3) is 0.556. The summed E-state index contributed by atoms with van der Waals surface area (Å²) >= 11 is 0. The van der Waals surface area contributed by atoms with Gasteiger partial charge in [-0.3, -0.25) is 9.59 Å². The van der Waals surface area contributed by atoms with Crippen LogP contribution in [0.4, 0.5) is 0 Å². The van der Waals surface area contributed by atoms with E-state index in [1.165, 1.54) is 12.7 Å². The first-order valence-corrected chi connectivity index (χ1v) is 7.44. The maximum atomic E-state index is 12.3. The maximum Gasteiger partial charge on any atom is 0.306 e. The number of methoxy groups -OCH3 is 1. The molecule has 0 aliphatic rings. The zero-order chi connectivity index (χ0) is 16.0. The van der Waals surface area contributed by atoms with Crippen molar-refractivity contribution in [1.82, 2.24) is 0 Å². The molecule has 0 aromatic heterocycles. The van der Waals surface area contributed by atoms with E-state index in [-0.39, 0.29) is 17.2 Å². The Bertz CT molecular complexity index is 519. The van der Waals surface area contributed by atoms with Crippen LogP contribution in [0.15, 0.2) is 18.2 Å². The third-order valence-corrected chi connectivity index (χ3v) is 4.16. The fourth-order valence-corrected chi connectivity index (χ4v) is 2.53. The fourth-order valence-electron chi connectivity index (χ4n) is 2.53. The minimum absolute atomic E-state index is 0.176. The highest BCUT2D eigenvalue weighted by atomic mass is 16.5. The Balaban J connectivity index is 2.72. The monoisotopic (exact) mass is 290 g/mol. The number of Topliss-reactive ketones (excluding diaryl/α,β-unsaturated/α-hetero) is 1. The molecule has 0 radical (unpaired) electrons. The van der Waals surface area contributed by atoms with Gasteiger partial charge in [-0.05, 0) is 36.8 Å². The molecule has 0 amide bonds. The lowest BCUT2D eigenvalue weighted by Crippen LogP contribution is -2.25. The lowest BCUT2D eigenvalue weighted by molar-refractivity contribution is -0.143. The number of carbonyl (C=O) groups excluding carboxylic acids is 2. The van der Waals surface area contributed by atoms with Crippen molar-refractivity contribution in [3.05, 3.63) is 34.9 Å². The first kappa shape index (κ1) is 17.4. The predicted molar refractivity (Wildman–Crippen MR) is 84.3 cm³/mol. The summed E-state index contributed by atoms with van der Waals surface area (Å²) in [7, 11) is 1.38. The van der Waals surface area contributed by atoms with Crippen LogP contribution < -0.4 is 0 Å². The standard InChI is InChI=1S/C18H26O3/c1-6-18(4,12-17(20)21-5)11-16(19)10-15-8-7-13(2)9-14(15)3/h7-9H,6,10-12H2,1-5H3. The molecular formula is C18H26O3.